The molecule has 3 rings (SSSR count). The van der Waals surface area contributed by atoms with Crippen LogP contribution >= 0.6 is 0 Å². The largest absolute Gasteiger partial charge is 0.480 e. The molecular weight excluding hydrogens is 448 g/mol. The molecule has 1 aliphatic rings. The minimum atomic E-state index is -2.91. The molecule has 3 N–H and O–H groups in total. The monoisotopic (exact) mass is 475 g/mol. The van der Waals surface area contributed by atoms with Gasteiger partial charge in [0.2, 0.25) is 12.3 Å². The number of aliphatic carboxylic acids is 1. The number of carbonyl (C=O) groups is 3. The fraction of sp³-hybridized carbons (Fsp3) is 0.375. The van der Waals surface area contributed by atoms with Gasteiger partial charge in [-0.25, -0.2) is 18.4 Å². The van der Waals surface area contributed by atoms with E-state index in [1.807, 2.05) is 48.5 Å². The number of hydrogen-bond acceptors (Lipinski definition) is 5. The maximum Gasteiger partial charge on any atom is 0.407 e. The van der Waals surface area contributed by atoms with Crippen molar-refractivity contribution in [2.75, 3.05) is 27.2 Å². The number of alkyl halides is 2. The number of likely N-dealkylation sites (N-methyl/N-ethyl adjacent to an activating group) is 1. The number of nitrogens with one attached hydrogen (secondary N) is 2. The minimum Gasteiger partial charge on any atom is -0.480 e. The second-order valence-corrected chi connectivity index (χ2v) is 8.31. The predicted octanol–water partition coefficient (Wildman–Crippen LogP) is 2.68. The van der Waals surface area contributed by atoms with Crippen LogP contribution in [0.15, 0.2) is 48.5 Å². The summed E-state index contributed by atoms with van der Waals surface area (Å²) < 4.78 is 30.8. The van der Waals surface area contributed by atoms with E-state index in [9.17, 15) is 23.2 Å². The molecule has 2 aromatic carbocycles. The van der Waals surface area contributed by atoms with Crippen molar-refractivity contribution >= 4 is 18.0 Å². The Labute approximate surface area is 195 Å². The van der Waals surface area contributed by atoms with Gasteiger partial charge in [0.05, 0.1) is 0 Å². The molecule has 0 saturated carbocycles. The first kappa shape index (κ1) is 25.1. The number of carbonyl (C=O) groups excluding carboxylic acids is 2. The normalized spacial score (nSPS) is 14.3. The molecule has 0 heterocycles. The molecule has 8 nitrogen and oxygen atoms in total. The number of carboxylic acid groups (broad SMARTS) is 1. The number of rotatable bonds is 10. The quantitative estimate of drug-likeness (QED) is 0.488. The van der Waals surface area contributed by atoms with Gasteiger partial charge in [0, 0.05) is 18.9 Å². The van der Waals surface area contributed by atoms with Gasteiger partial charge in [-0.05, 0) is 36.3 Å². The molecule has 34 heavy (non-hydrogen) atoms. The summed E-state index contributed by atoms with van der Waals surface area (Å²) >= 11 is 0. The number of halogens is 2. The van der Waals surface area contributed by atoms with Gasteiger partial charge in [0.25, 0.3) is 0 Å². The van der Waals surface area contributed by atoms with Crippen LogP contribution in [0, 0.1) is 0 Å². The van der Waals surface area contributed by atoms with Crippen LogP contribution in [0.3, 0.4) is 0 Å². The zero-order valence-corrected chi connectivity index (χ0v) is 18.8. The Balaban J connectivity index is 1.66. The van der Waals surface area contributed by atoms with Crippen LogP contribution in [0.5, 0.6) is 0 Å². The lowest BCUT2D eigenvalue weighted by Gasteiger charge is -2.24. The van der Waals surface area contributed by atoms with Gasteiger partial charge in [-0.15, -0.1) is 0 Å². The maximum absolute atomic E-state index is 12.7. The van der Waals surface area contributed by atoms with Gasteiger partial charge in [-0.2, -0.15) is 0 Å². The molecule has 2 amide bonds. The summed E-state index contributed by atoms with van der Waals surface area (Å²) in [6.07, 6.45) is -4.82. The zero-order chi connectivity index (χ0) is 24.8. The molecule has 2 unspecified atom stereocenters. The lowest BCUT2D eigenvalue weighted by molar-refractivity contribution is -0.143. The highest BCUT2D eigenvalue weighted by Crippen LogP contribution is 2.44. The maximum atomic E-state index is 12.7. The Morgan fingerprint density at radius 3 is 2.03 bits per heavy atom. The van der Waals surface area contributed by atoms with Gasteiger partial charge in [-0.1, -0.05) is 48.5 Å². The summed E-state index contributed by atoms with van der Waals surface area (Å²) in [6.45, 7) is 0.0380. The molecule has 0 bridgehead atoms. The second-order valence-electron chi connectivity index (χ2n) is 8.31. The molecule has 0 radical (unpaired) electrons. The average molecular weight is 475 g/mol. The van der Waals surface area contributed by atoms with Crippen molar-refractivity contribution in [1.82, 2.24) is 15.5 Å². The number of alkyl carbamates (subject to hydrolysis) is 1. The molecule has 0 aliphatic heterocycles. The molecular formula is C24H27F2N3O5. The Morgan fingerprint density at radius 1 is 0.971 bits per heavy atom. The fourth-order valence-corrected chi connectivity index (χ4v) is 4.01. The van der Waals surface area contributed by atoms with Crippen LogP contribution in [-0.4, -0.2) is 73.7 Å². The molecule has 1 aliphatic carbocycles. The van der Waals surface area contributed by atoms with Gasteiger partial charge >= 0.3 is 12.1 Å². The van der Waals surface area contributed by atoms with E-state index in [2.05, 4.69) is 10.6 Å². The van der Waals surface area contributed by atoms with Crippen molar-refractivity contribution in [2.24, 2.45) is 0 Å². The Bertz CT molecular complexity index is 1000. The third kappa shape index (κ3) is 6.07. The topological polar surface area (TPSA) is 108 Å². The number of ether oxygens (including phenoxy) is 1. The highest BCUT2D eigenvalue weighted by atomic mass is 19.3. The minimum absolute atomic E-state index is 0.0110. The summed E-state index contributed by atoms with van der Waals surface area (Å²) in [4.78, 5) is 37.9. The van der Waals surface area contributed by atoms with E-state index in [1.165, 1.54) is 0 Å². The summed E-state index contributed by atoms with van der Waals surface area (Å²) in [5.41, 5.74) is 4.18. The van der Waals surface area contributed by atoms with Gasteiger partial charge in [0.1, 0.15) is 18.7 Å². The van der Waals surface area contributed by atoms with Crippen molar-refractivity contribution in [3.63, 3.8) is 0 Å². The van der Waals surface area contributed by atoms with E-state index in [1.54, 1.807) is 19.0 Å². The lowest BCUT2D eigenvalue weighted by atomic mass is 9.98. The first-order chi connectivity index (χ1) is 16.2. The molecule has 2 aromatic rings. The van der Waals surface area contributed by atoms with E-state index >= 15 is 0 Å². The molecule has 0 fully saturated rings. The molecule has 0 aromatic heterocycles. The van der Waals surface area contributed by atoms with Crippen molar-refractivity contribution in [3.05, 3.63) is 59.7 Å². The van der Waals surface area contributed by atoms with Crippen LogP contribution in [0.2, 0.25) is 0 Å². The molecule has 2 atom stereocenters. The van der Waals surface area contributed by atoms with E-state index in [0.717, 1.165) is 22.3 Å². The zero-order valence-electron chi connectivity index (χ0n) is 18.8. The number of carboxylic acids is 1. The molecule has 0 spiro atoms. The fourth-order valence-electron chi connectivity index (χ4n) is 4.01. The molecule has 0 saturated heterocycles. The molecule has 182 valence electrons. The smallest absolute Gasteiger partial charge is 0.407 e. The van der Waals surface area contributed by atoms with Crippen LogP contribution in [0.25, 0.3) is 11.1 Å². The standard InChI is InChI=1S/C24H27F2N3O5/c1-29(2)12-20(22(30)27-19(23(31)32)11-21(25)26)28-24(33)34-13-18-16-9-5-3-7-14(16)15-8-4-6-10-17(15)18/h3-10,18-21H,11-13H2,1-2H3,(H,27,30)(H,28,33)(H,31,32). The summed E-state index contributed by atoms with van der Waals surface area (Å²) in [5, 5.41) is 13.6. The summed E-state index contributed by atoms with van der Waals surface area (Å²) in [5.74, 6) is -2.66. The van der Waals surface area contributed by atoms with Crippen LogP contribution < -0.4 is 10.6 Å². The third-order valence-electron chi connectivity index (χ3n) is 5.53. The van der Waals surface area contributed by atoms with Crippen LogP contribution in [0.4, 0.5) is 13.6 Å². The summed E-state index contributed by atoms with van der Waals surface area (Å²) in [7, 11) is 3.29. The highest BCUT2D eigenvalue weighted by molar-refractivity contribution is 5.89. The van der Waals surface area contributed by atoms with E-state index in [-0.39, 0.29) is 19.1 Å². The van der Waals surface area contributed by atoms with Gasteiger partial charge in [-0.3, -0.25) is 4.79 Å². The number of hydrogen-bond donors (Lipinski definition) is 3. The number of benzene rings is 2. The predicted molar refractivity (Wildman–Crippen MR) is 121 cm³/mol. The highest BCUT2D eigenvalue weighted by Gasteiger charge is 2.31. The van der Waals surface area contributed by atoms with E-state index in [4.69, 9.17) is 9.84 Å². The van der Waals surface area contributed by atoms with Crippen molar-refractivity contribution in [3.8, 4) is 11.1 Å². The average Bonchev–Trinajstić information content (AvgIpc) is 3.10. The first-order valence-corrected chi connectivity index (χ1v) is 10.7. The van der Waals surface area contributed by atoms with Crippen molar-refractivity contribution in [1.29, 1.82) is 0 Å². The van der Waals surface area contributed by atoms with Crippen molar-refractivity contribution in [2.45, 2.75) is 30.8 Å². The SMILES string of the molecule is CN(C)CC(NC(=O)OCC1c2ccccc2-c2ccccc21)C(=O)NC(CC(F)F)C(=O)O. The Kier molecular flexibility index (Phi) is 8.17. The number of amides is 2. The van der Waals surface area contributed by atoms with Gasteiger partial charge < -0.3 is 25.4 Å². The Morgan fingerprint density at radius 2 is 1.53 bits per heavy atom. The number of nitrogens with zero attached hydrogens (tertiary/aromatic N) is 1. The first-order valence-electron chi connectivity index (χ1n) is 10.7. The van der Waals surface area contributed by atoms with E-state index in [0.29, 0.717) is 0 Å². The Hall–Kier alpha value is -3.53. The van der Waals surface area contributed by atoms with Crippen LogP contribution in [-0.2, 0) is 14.3 Å². The third-order valence-corrected chi connectivity index (χ3v) is 5.53. The lowest BCUT2D eigenvalue weighted by Crippen LogP contribution is -2.55. The van der Waals surface area contributed by atoms with Crippen molar-refractivity contribution < 1.29 is 33.0 Å². The number of fused-ring (bicyclic) bond motifs is 3. The second kappa shape index (κ2) is 11.1. The van der Waals surface area contributed by atoms with Gasteiger partial charge in [0.15, 0.2) is 0 Å². The van der Waals surface area contributed by atoms with Crippen LogP contribution in [0.1, 0.15) is 23.5 Å². The summed E-state index contributed by atoms with van der Waals surface area (Å²) in [6, 6.07) is 12.7. The van der Waals surface area contributed by atoms with E-state index < -0.39 is 42.9 Å². The molecule has 10 heteroatoms.